The van der Waals surface area contributed by atoms with Crippen LogP contribution >= 0.6 is 0 Å². The first-order chi connectivity index (χ1) is 37.7. The second-order valence-corrected chi connectivity index (χ2v) is 21.0. The molecule has 360 valence electrons. The van der Waals surface area contributed by atoms with Gasteiger partial charge >= 0.3 is 0 Å². The predicted octanol–water partition coefficient (Wildman–Crippen LogP) is 20.2. The lowest BCUT2D eigenvalue weighted by atomic mass is 9.84. The predicted molar refractivity (Wildman–Crippen MR) is 323 cm³/mol. The van der Waals surface area contributed by atoms with Crippen LogP contribution in [0.15, 0.2) is 266 Å². The zero-order valence-corrected chi connectivity index (χ0v) is 42.4. The average Bonchev–Trinajstić information content (AvgIpc) is 3.81. The number of para-hydroxylation sites is 3. The lowest BCUT2D eigenvalue weighted by molar-refractivity contribution is 0.833. The largest absolute Gasteiger partial charge is 0.310 e. The molecule has 0 aromatic heterocycles. The highest BCUT2D eigenvalue weighted by Crippen LogP contribution is 2.50. The summed E-state index contributed by atoms with van der Waals surface area (Å²) in [5, 5.41) is 9.93. The van der Waals surface area contributed by atoms with Crippen LogP contribution < -0.4 is 9.80 Å². The first-order valence-electron chi connectivity index (χ1n) is 27.1. The van der Waals surface area contributed by atoms with E-state index in [1.54, 1.807) is 0 Å². The zero-order chi connectivity index (χ0) is 50.1. The minimum Gasteiger partial charge on any atom is -0.310 e. The maximum Gasteiger partial charge on any atom is 0.0493 e. The van der Waals surface area contributed by atoms with Gasteiger partial charge in [0, 0.05) is 34.1 Å². The Bertz CT molecular complexity index is 4300. The first kappa shape index (κ1) is 44.3. The third kappa shape index (κ3) is 7.55. The molecule has 76 heavy (non-hydrogen) atoms. The van der Waals surface area contributed by atoms with Crippen molar-refractivity contribution in [2.24, 2.45) is 0 Å². The molecule has 0 fully saturated rings. The molecule has 2 heterocycles. The van der Waals surface area contributed by atoms with Crippen molar-refractivity contribution in [3.63, 3.8) is 0 Å². The van der Waals surface area contributed by atoms with Gasteiger partial charge in [-0.15, -0.1) is 0 Å². The lowest BCUT2D eigenvalue weighted by Gasteiger charge is -2.30. The summed E-state index contributed by atoms with van der Waals surface area (Å²) < 4.78 is 0. The fraction of sp³-hybridized carbons (Fsp3) is 0.0811. The maximum absolute atomic E-state index is 2.57. The van der Waals surface area contributed by atoms with Gasteiger partial charge in [0.25, 0.3) is 0 Å². The van der Waals surface area contributed by atoms with Gasteiger partial charge in [-0.25, -0.2) is 0 Å². The molecule has 0 saturated heterocycles. The van der Waals surface area contributed by atoms with Crippen LogP contribution in [0.2, 0.25) is 0 Å². The molecular weight excluding hydrogens is 917 g/mol. The Morgan fingerprint density at radius 1 is 0.276 bits per heavy atom. The van der Waals surface area contributed by atoms with E-state index < -0.39 is 0 Å². The van der Waals surface area contributed by atoms with Crippen LogP contribution in [0.3, 0.4) is 0 Å². The Morgan fingerprint density at radius 2 is 0.684 bits per heavy atom. The van der Waals surface area contributed by atoms with Gasteiger partial charge in [-0.1, -0.05) is 194 Å². The van der Waals surface area contributed by atoms with E-state index >= 15 is 0 Å². The van der Waals surface area contributed by atoms with Gasteiger partial charge in [-0.05, 0) is 209 Å². The van der Waals surface area contributed by atoms with E-state index in [1.807, 2.05) is 0 Å². The van der Waals surface area contributed by atoms with Crippen LogP contribution in [0.1, 0.15) is 36.0 Å². The summed E-state index contributed by atoms with van der Waals surface area (Å²) in [7, 11) is 0. The molecule has 12 aromatic carbocycles. The van der Waals surface area contributed by atoms with E-state index in [4.69, 9.17) is 0 Å². The minimum atomic E-state index is 0.994. The fourth-order valence-corrected chi connectivity index (χ4v) is 12.9. The van der Waals surface area contributed by atoms with Crippen LogP contribution in [0.5, 0.6) is 0 Å². The van der Waals surface area contributed by atoms with E-state index in [2.05, 4.69) is 265 Å². The highest BCUT2D eigenvalue weighted by Gasteiger charge is 2.28. The number of benzene rings is 12. The van der Waals surface area contributed by atoms with E-state index in [-0.39, 0.29) is 0 Å². The molecule has 2 aliphatic heterocycles. The minimum absolute atomic E-state index is 0.994. The molecule has 0 bridgehead atoms. The number of hydrogen-bond acceptors (Lipinski definition) is 2. The summed E-state index contributed by atoms with van der Waals surface area (Å²) in [5.41, 5.74) is 22.8. The SMILES string of the molecule is C1=CC2=C(CC1)CCc1ccccc1N2c1ccc2c(-c3ccc(-c4ccc5ccccc5c4)cc3)c3cc(N4c5ccccc5CCc5ccccc54)ccc3c(-c3ccc(-c4ccc5ccccc5c4)cc3)c2c1. The van der Waals surface area contributed by atoms with Crippen molar-refractivity contribution in [1.82, 2.24) is 0 Å². The van der Waals surface area contributed by atoms with Crippen LogP contribution in [-0.2, 0) is 19.3 Å². The van der Waals surface area contributed by atoms with Crippen molar-refractivity contribution in [2.75, 3.05) is 9.80 Å². The van der Waals surface area contributed by atoms with Gasteiger partial charge in [-0.3, -0.25) is 0 Å². The van der Waals surface area contributed by atoms with Gasteiger partial charge in [0.15, 0.2) is 0 Å². The topological polar surface area (TPSA) is 6.48 Å². The smallest absolute Gasteiger partial charge is 0.0493 e. The van der Waals surface area contributed by atoms with Crippen molar-refractivity contribution < 1.29 is 0 Å². The van der Waals surface area contributed by atoms with E-state index in [0.29, 0.717) is 0 Å². The third-order valence-corrected chi connectivity index (χ3v) is 16.7. The number of hydrogen-bond donors (Lipinski definition) is 0. The van der Waals surface area contributed by atoms with Gasteiger partial charge in [-0.2, -0.15) is 0 Å². The van der Waals surface area contributed by atoms with Crippen molar-refractivity contribution >= 4 is 71.5 Å². The molecule has 1 aliphatic carbocycles. The number of rotatable bonds is 6. The fourth-order valence-electron chi connectivity index (χ4n) is 12.9. The molecule has 0 saturated carbocycles. The summed E-state index contributed by atoms with van der Waals surface area (Å²) in [4.78, 5) is 5.09. The van der Waals surface area contributed by atoms with Crippen LogP contribution in [0.25, 0.3) is 87.6 Å². The van der Waals surface area contributed by atoms with Crippen molar-refractivity contribution in [3.05, 3.63) is 283 Å². The van der Waals surface area contributed by atoms with Crippen LogP contribution in [0, 0.1) is 0 Å². The highest BCUT2D eigenvalue weighted by molar-refractivity contribution is 6.23. The molecular formula is C74H54N2. The Kier molecular flexibility index (Phi) is 10.7. The quantitative estimate of drug-likeness (QED) is 0.153. The highest BCUT2D eigenvalue weighted by atomic mass is 15.2. The van der Waals surface area contributed by atoms with Crippen molar-refractivity contribution in [3.8, 4) is 44.5 Å². The second-order valence-electron chi connectivity index (χ2n) is 21.0. The molecule has 0 spiro atoms. The molecule has 0 unspecified atom stereocenters. The average molecular weight is 971 g/mol. The number of allylic oxidation sites excluding steroid dienone is 3. The van der Waals surface area contributed by atoms with Crippen molar-refractivity contribution in [2.45, 2.75) is 38.5 Å². The number of anilines is 5. The standard InChI is InChI=1S/C74H54N2/c1-3-19-59-45-61(39-29-49(59)13-1)51-25-35-57(36-26-51)73-65-43-41-64(76-71-23-11-7-17-55(71)33-34-56-18-8-12-24-72(56)76)48-68(65)74(58-37-27-52(28-38-58)62-40-30-50-14-2-4-20-60(50)46-62)66-44-42-63(47-67(66)73)75-69-21-9-5-15-53(69)31-32-54-16-6-10-22-70(54)75/h1-7,9-17,19-30,35-48H,8,18,31-34H2. The summed E-state index contributed by atoms with van der Waals surface area (Å²) in [6.45, 7) is 0. The number of fused-ring (bicyclic) bond motifs is 7. The molecule has 15 rings (SSSR count). The molecule has 3 aliphatic rings. The van der Waals surface area contributed by atoms with E-state index in [1.165, 1.54) is 138 Å². The van der Waals surface area contributed by atoms with Crippen molar-refractivity contribution in [1.29, 1.82) is 0 Å². The molecule has 0 atom stereocenters. The molecule has 0 N–H and O–H groups in total. The lowest BCUT2D eigenvalue weighted by Crippen LogP contribution is -2.18. The zero-order valence-electron chi connectivity index (χ0n) is 42.4. The number of aryl methyl sites for hydroxylation is 3. The summed E-state index contributed by atoms with van der Waals surface area (Å²) >= 11 is 0. The van der Waals surface area contributed by atoms with Gasteiger partial charge in [0.2, 0.25) is 0 Å². The molecule has 2 heteroatoms. The van der Waals surface area contributed by atoms with Crippen LogP contribution in [-0.4, -0.2) is 0 Å². The van der Waals surface area contributed by atoms with E-state index in [0.717, 1.165) is 44.2 Å². The first-order valence-corrected chi connectivity index (χ1v) is 27.1. The van der Waals surface area contributed by atoms with Gasteiger partial charge in [0.1, 0.15) is 0 Å². The Morgan fingerprint density at radius 3 is 1.20 bits per heavy atom. The van der Waals surface area contributed by atoms with E-state index in [9.17, 15) is 0 Å². The van der Waals surface area contributed by atoms with Gasteiger partial charge < -0.3 is 9.80 Å². The molecule has 12 aromatic rings. The normalized spacial score (nSPS) is 14.1. The van der Waals surface area contributed by atoms with Crippen LogP contribution in [0.4, 0.5) is 28.4 Å². The second kappa shape index (κ2) is 18.3. The monoisotopic (exact) mass is 970 g/mol. The number of nitrogens with zero attached hydrogens (tertiary/aromatic N) is 2. The Hall–Kier alpha value is -9.24. The molecule has 0 amide bonds. The summed E-state index contributed by atoms with van der Waals surface area (Å²) in [6, 6.07) is 91.5. The summed E-state index contributed by atoms with van der Waals surface area (Å²) in [5.74, 6) is 0. The third-order valence-electron chi connectivity index (χ3n) is 16.7. The maximum atomic E-state index is 2.57. The molecule has 0 radical (unpaired) electrons. The molecule has 2 nitrogen and oxygen atoms in total. The summed E-state index contributed by atoms with van der Waals surface area (Å²) in [6.07, 6.45) is 11.1. The Labute approximate surface area is 444 Å². The van der Waals surface area contributed by atoms with Gasteiger partial charge in [0.05, 0.1) is 0 Å². The Balaban J connectivity index is 1.00.